The van der Waals surface area contributed by atoms with Gasteiger partial charge in [0.15, 0.2) is 17.3 Å². The highest BCUT2D eigenvalue weighted by Gasteiger charge is 2.33. The normalized spacial score (nSPS) is 19.6. The van der Waals surface area contributed by atoms with E-state index in [2.05, 4.69) is 46.3 Å². The van der Waals surface area contributed by atoms with Gasteiger partial charge in [0, 0.05) is 24.7 Å². The summed E-state index contributed by atoms with van der Waals surface area (Å²) in [6.45, 7) is 4.50. The third-order valence-corrected chi connectivity index (χ3v) is 5.99. The molecule has 2 aromatic rings. The van der Waals surface area contributed by atoms with Crippen molar-refractivity contribution in [2.75, 3.05) is 44.1 Å². The maximum absolute atomic E-state index is 12.8. The Bertz CT molecular complexity index is 877. The fourth-order valence-electron chi connectivity index (χ4n) is 4.50. The van der Waals surface area contributed by atoms with Gasteiger partial charge < -0.3 is 19.7 Å². The first-order valence-corrected chi connectivity index (χ1v) is 10.2. The maximum Gasteiger partial charge on any atom is 0.176 e. The molecule has 1 N–H and O–H groups in total. The number of ketones is 1. The van der Waals surface area contributed by atoms with Crippen LogP contribution in [0.15, 0.2) is 42.5 Å². The van der Waals surface area contributed by atoms with E-state index in [0.717, 1.165) is 25.9 Å². The molecule has 2 heterocycles. The Morgan fingerprint density at radius 1 is 1.07 bits per heavy atom. The lowest BCUT2D eigenvalue weighted by Crippen LogP contribution is -2.49. The lowest BCUT2D eigenvalue weighted by molar-refractivity contribution is 0.0908. The second-order valence-electron chi connectivity index (χ2n) is 7.74. The molecular weight excluding hydrogens is 366 g/mol. The molecule has 1 fully saturated rings. The molecule has 2 aromatic carbocycles. The zero-order chi connectivity index (χ0) is 20.4. The summed E-state index contributed by atoms with van der Waals surface area (Å²) in [5.74, 6) is 1.34. The van der Waals surface area contributed by atoms with E-state index in [1.165, 1.54) is 11.4 Å². The third kappa shape index (κ3) is 3.90. The molecule has 1 atom stereocenters. The van der Waals surface area contributed by atoms with Crippen LogP contribution in [0.5, 0.6) is 11.5 Å². The number of carbonyl (C=O) groups is 1. The number of hydrogen-bond acceptors (Lipinski definition) is 6. The minimum absolute atomic E-state index is 0.117. The molecule has 1 saturated heterocycles. The van der Waals surface area contributed by atoms with Crippen molar-refractivity contribution in [2.45, 2.75) is 32.0 Å². The van der Waals surface area contributed by atoms with Crippen molar-refractivity contribution >= 4 is 17.2 Å². The van der Waals surface area contributed by atoms with Gasteiger partial charge in [-0.15, -0.1) is 0 Å². The molecule has 29 heavy (non-hydrogen) atoms. The highest BCUT2D eigenvalue weighted by atomic mass is 16.5. The predicted octanol–water partition coefficient (Wildman–Crippen LogP) is 3.63. The molecular formula is C23H29N3O3. The number of rotatable bonds is 6. The number of fused-ring (bicyclic) bond motifs is 1. The van der Waals surface area contributed by atoms with Gasteiger partial charge in [-0.1, -0.05) is 12.1 Å². The Balaban J connectivity index is 1.36. The number of methoxy groups -OCH3 is 2. The molecule has 1 unspecified atom stereocenters. The van der Waals surface area contributed by atoms with Crippen molar-refractivity contribution in [3.8, 4) is 11.5 Å². The number of piperidine rings is 1. The van der Waals surface area contributed by atoms with E-state index < -0.39 is 0 Å². The van der Waals surface area contributed by atoms with Gasteiger partial charge in [-0.2, -0.15) is 0 Å². The Labute approximate surface area is 172 Å². The lowest BCUT2D eigenvalue weighted by atomic mass is 10.0. The molecule has 0 aromatic heterocycles. The monoisotopic (exact) mass is 395 g/mol. The van der Waals surface area contributed by atoms with Gasteiger partial charge in [-0.05, 0) is 50.1 Å². The SMILES string of the molecule is COc1ccc(C(=O)CN2CCC(N3c4ccccc4NC3C)CC2)cc1OC. The molecule has 0 bridgehead atoms. The highest BCUT2D eigenvalue weighted by molar-refractivity contribution is 5.98. The maximum atomic E-state index is 12.8. The van der Waals surface area contributed by atoms with E-state index in [-0.39, 0.29) is 5.78 Å². The molecule has 154 valence electrons. The molecule has 2 aliphatic rings. The van der Waals surface area contributed by atoms with E-state index in [4.69, 9.17) is 9.47 Å². The predicted molar refractivity (Wildman–Crippen MR) is 115 cm³/mol. The summed E-state index contributed by atoms with van der Waals surface area (Å²) in [4.78, 5) is 17.5. The zero-order valence-electron chi connectivity index (χ0n) is 17.4. The van der Waals surface area contributed by atoms with Gasteiger partial charge in [0.05, 0.1) is 38.3 Å². The van der Waals surface area contributed by atoms with Crippen molar-refractivity contribution in [2.24, 2.45) is 0 Å². The summed E-state index contributed by atoms with van der Waals surface area (Å²) in [6, 6.07) is 14.4. The number of likely N-dealkylation sites (tertiary alicyclic amines) is 1. The van der Waals surface area contributed by atoms with Crippen molar-refractivity contribution in [3.63, 3.8) is 0 Å². The fraction of sp³-hybridized carbons (Fsp3) is 0.435. The summed E-state index contributed by atoms with van der Waals surface area (Å²) in [7, 11) is 3.18. The zero-order valence-corrected chi connectivity index (χ0v) is 17.4. The van der Waals surface area contributed by atoms with Crippen molar-refractivity contribution < 1.29 is 14.3 Å². The Hall–Kier alpha value is -2.73. The average Bonchev–Trinajstić information content (AvgIpc) is 3.09. The molecule has 6 nitrogen and oxygen atoms in total. The second kappa shape index (κ2) is 8.33. The summed E-state index contributed by atoms with van der Waals surface area (Å²) < 4.78 is 10.6. The fourth-order valence-corrected chi connectivity index (χ4v) is 4.50. The van der Waals surface area contributed by atoms with Crippen LogP contribution in [0.2, 0.25) is 0 Å². The van der Waals surface area contributed by atoms with Crippen molar-refractivity contribution in [3.05, 3.63) is 48.0 Å². The van der Waals surface area contributed by atoms with Crippen LogP contribution < -0.4 is 19.7 Å². The molecule has 2 aliphatic heterocycles. The van der Waals surface area contributed by atoms with Gasteiger partial charge >= 0.3 is 0 Å². The van der Waals surface area contributed by atoms with E-state index in [1.54, 1.807) is 26.4 Å². The molecule has 0 spiro atoms. The van der Waals surface area contributed by atoms with E-state index in [1.807, 2.05) is 6.07 Å². The number of benzene rings is 2. The van der Waals surface area contributed by atoms with Crippen molar-refractivity contribution in [1.82, 2.24) is 4.90 Å². The van der Waals surface area contributed by atoms with Gasteiger partial charge in [-0.3, -0.25) is 9.69 Å². The van der Waals surface area contributed by atoms with Crippen LogP contribution in [0.25, 0.3) is 0 Å². The number of nitrogens with one attached hydrogen (secondary N) is 1. The smallest absolute Gasteiger partial charge is 0.176 e. The molecule has 0 amide bonds. The lowest BCUT2D eigenvalue weighted by Gasteiger charge is -2.39. The van der Waals surface area contributed by atoms with Crippen molar-refractivity contribution in [1.29, 1.82) is 0 Å². The number of para-hydroxylation sites is 2. The average molecular weight is 396 g/mol. The quantitative estimate of drug-likeness (QED) is 0.754. The number of nitrogens with zero attached hydrogens (tertiary/aromatic N) is 2. The summed E-state index contributed by atoms with van der Waals surface area (Å²) in [5.41, 5.74) is 3.17. The molecule has 6 heteroatoms. The largest absolute Gasteiger partial charge is 0.493 e. The molecule has 0 saturated carbocycles. The number of ether oxygens (including phenoxy) is 2. The molecule has 0 aliphatic carbocycles. The first-order valence-electron chi connectivity index (χ1n) is 10.2. The number of carbonyl (C=O) groups excluding carboxylic acids is 1. The second-order valence-corrected chi connectivity index (χ2v) is 7.74. The van der Waals surface area contributed by atoms with Crippen LogP contribution in [-0.4, -0.2) is 56.7 Å². The molecule has 4 rings (SSSR count). The van der Waals surface area contributed by atoms with Gasteiger partial charge in [0.25, 0.3) is 0 Å². The first-order chi connectivity index (χ1) is 14.1. The van der Waals surface area contributed by atoms with Crippen LogP contribution in [0.4, 0.5) is 11.4 Å². The highest BCUT2D eigenvalue weighted by Crippen LogP contribution is 2.37. The van der Waals surface area contributed by atoms with Crippen LogP contribution in [0, 0.1) is 0 Å². The summed E-state index contributed by atoms with van der Waals surface area (Å²) in [6.07, 6.45) is 2.41. The standard InChI is InChI=1S/C23H29N3O3/c1-16-24-19-6-4-5-7-20(19)26(16)18-10-12-25(13-11-18)15-21(27)17-8-9-22(28-2)23(14-17)29-3/h4-9,14,16,18,24H,10-13,15H2,1-3H3. The molecule has 0 radical (unpaired) electrons. The Morgan fingerprint density at radius 2 is 1.79 bits per heavy atom. The summed E-state index contributed by atoms with van der Waals surface area (Å²) in [5, 5.41) is 3.57. The van der Waals surface area contributed by atoms with E-state index in [0.29, 0.717) is 35.8 Å². The van der Waals surface area contributed by atoms with Gasteiger partial charge in [0.1, 0.15) is 0 Å². The summed E-state index contributed by atoms with van der Waals surface area (Å²) >= 11 is 0. The Kier molecular flexibility index (Phi) is 5.62. The minimum Gasteiger partial charge on any atom is -0.493 e. The van der Waals surface area contributed by atoms with Crippen LogP contribution in [0.1, 0.15) is 30.1 Å². The van der Waals surface area contributed by atoms with Crippen LogP contribution in [0.3, 0.4) is 0 Å². The van der Waals surface area contributed by atoms with Gasteiger partial charge in [0.2, 0.25) is 0 Å². The van der Waals surface area contributed by atoms with Crippen LogP contribution in [-0.2, 0) is 0 Å². The number of Topliss-reactive ketones (excluding diaryl/α,β-unsaturated/α-hetero) is 1. The first kappa shape index (κ1) is 19.6. The van der Waals surface area contributed by atoms with E-state index in [9.17, 15) is 4.79 Å². The van der Waals surface area contributed by atoms with E-state index >= 15 is 0 Å². The minimum atomic E-state index is 0.117. The van der Waals surface area contributed by atoms with Gasteiger partial charge in [-0.25, -0.2) is 0 Å². The van der Waals surface area contributed by atoms with Crippen LogP contribution >= 0.6 is 0 Å². The number of hydrogen-bond donors (Lipinski definition) is 1. The third-order valence-electron chi connectivity index (χ3n) is 5.99. The Morgan fingerprint density at radius 3 is 2.52 bits per heavy atom. The number of anilines is 2. The topological polar surface area (TPSA) is 54.0 Å².